The summed E-state index contributed by atoms with van der Waals surface area (Å²) in [5.74, 6) is -0.752. The van der Waals surface area contributed by atoms with Crippen molar-refractivity contribution in [1.29, 1.82) is 5.26 Å². The van der Waals surface area contributed by atoms with Crippen LogP contribution >= 0.6 is 0 Å². The Morgan fingerprint density at radius 1 is 0.674 bits per heavy atom. The van der Waals surface area contributed by atoms with Crippen LogP contribution in [0.1, 0.15) is 188 Å². The first-order chi connectivity index (χ1) is 20.4. The van der Waals surface area contributed by atoms with Crippen LogP contribution < -0.4 is 0 Å². The number of rotatable bonds is 4. The van der Waals surface area contributed by atoms with Crippen LogP contribution in [0.3, 0.4) is 0 Å². The number of alkyl halides is 2. The van der Waals surface area contributed by atoms with Gasteiger partial charge in [-0.1, -0.05) is 130 Å². The van der Waals surface area contributed by atoms with Crippen LogP contribution in [-0.4, -0.2) is 19.1 Å². The maximum absolute atomic E-state index is 12.3. The molecule has 0 aromatic carbocycles. The second-order valence-electron chi connectivity index (χ2n) is 22.3. The fraction of sp³-hybridized carbons (Fsp3) is 0.976. The highest BCUT2D eigenvalue weighted by molar-refractivity contribution is 5.06. The van der Waals surface area contributed by atoms with Gasteiger partial charge in [0, 0.05) is 18.3 Å². The Bertz CT molecular complexity index is 922. The SMILES string of the molecule is CC(C)(C)C1COC1.CC(C)(C)CC1(C#N)CCC1.CC(C)(C)CC1(C)CC1.CC(C)(C)CC1CC1.CC(C)(C)CC1CC1(F)F. The molecule has 5 fully saturated rings. The highest BCUT2D eigenvalue weighted by Gasteiger charge is 2.57. The summed E-state index contributed by atoms with van der Waals surface area (Å²) in [5, 5.41) is 8.95. The highest BCUT2D eigenvalue weighted by Crippen LogP contribution is 2.54. The van der Waals surface area contributed by atoms with Crippen molar-refractivity contribution >= 4 is 0 Å². The molecule has 1 heterocycles. The lowest BCUT2D eigenvalue weighted by molar-refractivity contribution is -0.0821. The van der Waals surface area contributed by atoms with E-state index in [2.05, 4.69) is 96.1 Å². The summed E-state index contributed by atoms with van der Waals surface area (Å²) in [7, 11) is 0. The van der Waals surface area contributed by atoms with Gasteiger partial charge < -0.3 is 4.74 Å². The van der Waals surface area contributed by atoms with Crippen molar-refractivity contribution < 1.29 is 13.5 Å². The quantitative estimate of drug-likeness (QED) is 0.303. The van der Waals surface area contributed by atoms with Crippen LogP contribution in [0.25, 0.3) is 0 Å². The minimum atomic E-state index is -2.33. The summed E-state index contributed by atoms with van der Waals surface area (Å²) in [6.07, 6.45) is 14.1. The van der Waals surface area contributed by atoms with E-state index in [1.165, 1.54) is 44.9 Å². The van der Waals surface area contributed by atoms with Crippen LogP contribution in [0.2, 0.25) is 0 Å². The number of nitriles is 1. The van der Waals surface area contributed by atoms with E-state index in [1.807, 2.05) is 20.8 Å². The molecule has 0 bridgehead atoms. The van der Waals surface area contributed by atoms with Crippen LogP contribution in [0.5, 0.6) is 0 Å². The van der Waals surface area contributed by atoms with Gasteiger partial charge in [-0.2, -0.15) is 5.26 Å². The van der Waals surface area contributed by atoms with Crippen LogP contribution in [-0.2, 0) is 4.74 Å². The summed E-state index contributed by atoms with van der Waals surface area (Å²) >= 11 is 0. The minimum absolute atomic E-state index is 0.0538. The topological polar surface area (TPSA) is 33.0 Å². The molecule has 4 heteroatoms. The van der Waals surface area contributed by atoms with Crippen molar-refractivity contribution in [2.75, 3.05) is 13.2 Å². The molecule has 272 valence electrons. The Kier molecular flexibility index (Phi) is 15.0. The lowest BCUT2D eigenvalue weighted by atomic mass is 9.62. The summed E-state index contributed by atoms with van der Waals surface area (Å²) in [4.78, 5) is 0. The van der Waals surface area contributed by atoms with Gasteiger partial charge >= 0.3 is 0 Å². The Balaban J connectivity index is 0.000000289. The maximum Gasteiger partial charge on any atom is 0.251 e. The van der Waals surface area contributed by atoms with Crippen molar-refractivity contribution in [3.05, 3.63) is 0 Å². The van der Waals surface area contributed by atoms with Gasteiger partial charge in [0.2, 0.25) is 0 Å². The molecule has 0 amide bonds. The first kappa shape index (κ1) is 43.3. The fourth-order valence-electron chi connectivity index (χ4n) is 6.77. The monoisotopic (exact) mass is 652 g/mol. The third kappa shape index (κ3) is 20.6. The van der Waals surface area contributed by atoms with Gasteiger partial charge in [-0.3, -0.25) is 0 Å². The van der Waals surface area contributed by atoms with E-state index in [9.17, 15) is 8.78 Å². The fourth-order valence-corrected chi connectivity index (χ4v) is 6.77. The maximum atomic E-state index is 12.3. The third-order valence-corrected chi connectivity index (χ3v) is 9.75. The molecular weight excluding hydrogens is 572 g/mol. The van der Waals surface area contributed by atoms with Crippen molar-refractivity contribution in [3.63, 3.8) is 0 Å². The van der Waals surface area contributed by atoms with Crippen molar-refractivity contribution in [2.45, 2.75) is 194 Å². The zero-order valence-corrected chi connectivity index (χ0v) is 33.7. The van der Waals surface area contributed by atoms with Gasteiger partial charge in [0.25, 0.3) is 5.92 Å². The molecule has 1 aliphatic heterocycles. The molecule has 1 saturated heterocycles. The molecule has 5 rings (SSSR count). The summed E-state index contributed by atoms with van der Waals surface area (Å²) in [6, 6.07) is 2.47. The Morgan fingerprint density at radius 3 is 1.20 bits per heavy atom. The highest BCUT2D eigenvalue weighted by atomic mass is 19.3. The number of ether oxygens (including phenoxy) is 1. The Hall–Kier alpha value is -0.690. The normalized spacial score (nSPS) is 24.2. The van der Waals surface area contributed by atoms with Crippen LogP contribution in [0.4, 0.5) is 8.78 Å². The van der Waals surface area contributed by atoms with Gasteiger partial charge in [0.05, 0.1) is 24.7 Å². The van der Waals surface area contributed by atoms with Gasteiger partial charge in [-0.25, -0.2) is 8.78 Å². The predicted molar refractivity (Wildman–Crippen MR) is 195 cm³/mol. The number of hydrogen-bond donors (Lipinski definition) is 0. The molecular formula is C42H79F2NO. The standard InChI is InChI=1S/C10H17N.C9H18.C8H14F2.C8H16.C7H14O/c1-9(2,3)7-10(8-11)5-4-6-10;1-8(2,3)7-9(4)5-6-9;1-7(2,3)4-6-5-8(6,9)10;1-8(2,3)6-7-4-5-7;1-7(2,3)6-4-8-5-6/h4-7H2,1-3H3;5-7H2,1-4H3;6H,4-5H2,1-3H3;7H,4-6H2,1-3H3;6H,4-5H2,1-3H3. The number of hydrogen-bond acceptors (Lipinski definition) is 2. The van der Waals surface area contributed by atoms with Crippen molar-refractivity contribution in [3.8, 4) is 6.07 Å². The molecule has 0 spiro atoms. The molecule has 1 atom stereocenters. The molecule has 1 unspecified atom stereocenters. The first-order valence-electron chi connectivity index (χ1n) is 18.8. The van der Waals surface area contributed by atoms with Gasteiger partial charge in [0.1, 0.15) is 0 Å². The van der Waals surface area contributed by atoms with Crippen molar-refractivity contribution in [2.24, 2.45) is 55.7 Å². The molecule has 0 N–H and O–H groups in total. The average molecular weight is 652 g/mol. The smallest absolute Gasteiger partial charge is 0.251 e. The zero-order chi connectivity index (χ0) is 36.0. The lowest BCUT2D eigenvalue weighted by Crippen LogP contribution is -2.37. The number of halogens is 2. The van der Waals surface area contributed by atoms with E-state index >= 15 is 0 Å². The van der Waals surface area contributed by atoms with E-state index in [0.29, 0.717) is 28.1 Å². The molecule has 4 saturated carbocycles. The van der Waals surface area contributed by atoms with E-state index < -0.39 is 5.92 Å². The van der Waals surface area contributed by atoms with E-state index in [0.717, 1.165) is 49.7 Å². The second kappa shape index (κ2) is 15.9. The molecule has 2 nitrogen and oxygen atoms in total. The lowest BCUT2D eigenvalue weighted by Gasteiger charge is -2.39. The number of nitrogens with zero attached hydrogens (tertiary/aromatic N) is 1. The van der Waals surface area contributed by atoms with Gasteiger partial charge in [-0.15, -0.1) is 0 Å². The molecule has 0 radical (unpaired) electrons. The second-order valence-corrected chi connectivity index (χ2v) is 22.3. The minimum Gasteiger partial charge on any atom is -0.381 e. The average Bonchev–Trinajstić information content (AvgIpc) is 3.67. The third-order valence-electron chi connectivity index (χ3n) is 9.75. The molecule has 0 aromatic rings. The van der Waals surface area contributed by atoms with E-state index in [-0.39, 0.29) is 23.2 Å². The summed E-state index contributed by atoms with van der Waals surface area (Å²) in [5.41, 5.74) is 2.77. The van der Waals surface area contributed by atoms with Gasteiger partial charge in [0.15, 0.2) is 0 Å². The van der Waals surface area contributed by atoms with Crippen LogP contribution in [0.15, 0.2) is 0 Å². The molecule has 0 aromatic heterocycles. The van der Waals surface area contributed by atoms with Crippen molar-refractivity contribution in [1.82, 2.24) is 0 Å². The Morgan fingerprint density at radius 2 is 1.11 bits per heavy atom. The molecule has 46 heavy (non-hydrogen) atoms. The zero-order valence-electron chi connectivity index (χ0n) is 33.7. The van der Waals surface area contributed by atoms with Crippen LogP contribution in [0, 0.1) is 67.0 Å². The largest absolute Gasteiger partial charge is 0.381 e. The van der Waals surface area contributed by atoms with E-state index in [1.54, 1.807) is 0 Å². The Labute approximate surface area is 287 Å². The predicted octanol–water partition coefficient (Wildman–Crippen LogP) is 13.9. The summed E-state index contributed by atoms with van der Waals surface area (Å²) in [6.45, 7) is 37.8. The molecule has 4 aliphatic carbocycles. The summed E-state index contributed by atoms with van der Waals surface area (Å²) < 4.78 is 29.7. The van der Waals surface area contributed by atoms with E-state index in [4.69, 9.17) is 10.00 Å². The van der Waals surface area contributed by atoms with Gasteiger partial charge in [-0.05, 0) is 89.8 Å². The first-order valence-corrected chi connectivity index (χ1v) is 18.8. The molecule has 5 aliphatic rings.